The predicted octanol–water partition coefficient (Wildman–Crippen LogP) is 3.79. The Morgan fingerprint density at radius 1 is 0.955 bits per heavy atom. The fourth-order valence-electron chi connectivity index (χ4n) is 2.39. The van der Waals surface area contributed by atoms with Crippen LogP contribution in [0.25, 0.3) is 22.3 Å². The van der Waals surface area contributed by atoms with E-state index in [9.17, 15) is 4.79 Å². The van der Waals surface area contributed by atoms with E-state index >= 15 is 0 Å². The third-order valence-electron chi connectivity index (χ3n) is 3.58. The topological polar surface area (TPSA) is 48.7 Å². The standard InChI is InChI=1S/C18H16O4/c1-11-4-6-12(7-5-11)16-10-14(19)13-8-9-15(20-2)18(21-3)17(13)22-16/h4-10H,1-3H3. The van der Waals surface area contributed by atoms with Gasteiger partial charge >= 0.3 is 0 Å². The molecule has 112 valence electrons. The zero-order valence-electron chi connectivity index (χ0n) is 12.7. The number of methoxy groups -OCH3 is 2. The Kier molecular flexibility index (Phi) is 3.59. The number of aryl methyl sites for hydroxylation is 1. The summed E-state index contributed by atoms with van der Waals surface area (Å²) in [4.78, 5) is 12.4. The molecule has 0 fully saturated rings. The van der Waals surface area contributed by atoms with Gasteiger partial charge in [0.1, 0.15) is 5.76 Å². The highest BCUT2D eigenvalue weighted by molar-refractivity contribution is 5.86. The van der Waals surface area contributed by atoms with Gasteiger partial charge in [0.15, 0.2) is 16.8 Å². The van der Waals surface area contributed by atoms with E-state index in [2.05, 4.69) is 0 Å². The lowest BCUT2D eigenvalue weighted by molar-refractivity contribution is 0.353. The summed E-state index contributed by atoms with van der Waals surface area (Å²) in [5.41, 5.74) is 2.27. The minimum Gasteiger partial charge on any atom is -0.493 e. The van der Waals surface area contributed by atoms with Crippen molar-refractivity contribution < 1.29 is 13.9 Å². The maximum Gasteiger partial charge on any atom is 0.204 e. The van der Waals surface area contributed by atoms with Crippen LogP contribution < -0.4 is 14.9 Å². The van der Waals surface area contributed by atoms with Gasteiger partial charge < -0.3 is 13.9 Å². The van der Waals surface area contributed by atoms with Crippen molar-refractivity contribution in [2.24, 2.45) is 0 Å². The summed E-state index contributed by atoms with van der Waals surface area (Å²) in [7, 11) is 3.07. The molecular formula is C18H16O4. The molecule has 4 nitrogen and oxygen atoms in total. The Labute approximate surface area is 127 Å². The van der Waals surface area contributed by atoms with Gasteiger partial charge in [-0.15, -0.1) is 0 Å². The van der Waals surface area contributed by atoms with Gasteiger partial charge in [-0.1, -0.05) is 29.8 Å². The quantitative estimate of drug-likeness (QED) is 0.738. The highest BCUT2D eigenvalue weighted by Gasteiger charge is 2.15. The lowest BCUT2D eigenvalue weighted by Gasteiger charge is -2.10. The molecule has 0 saturated heterocycles. The van der Waals surface area contributed by atoms with Crippen molar-refractivity contribution in [3.05, 3.63) is 58.3 Å². The summed E-state index contributed by atoms with van der Waals surface area (Å²) in [6, 6.07) is 12.7. The highest BCUT2D eigenvalue weighted by Crippen LogP contribution is 2.36. The fraction of sp³-hybridized carbons (Fsp3) is 0.167. The van der Waals surface area contributed by atoms with Crippen molar-refractivity contribution in [1.82, 2.24) is 0 Å². The van der Waals surface area contributed by atoms with E-state index in [-0.39, 0.29) is 5.43 Å². The maximum atomic E-state index is 12.4. The molecule has 0 bridgehead atoms. The first-order valence-electron chi connectivity index (χ1n) is 6.90. The van der Waals surface area contributed by atoms with Gasteiger partial charge in [-0.05, 0) is 19.1 Å². The molecule has 2 aromatic carbocycles. The Hall–Kier alpha value is -2.75. The summed E-state index contributed by atoms with van der Waals surface area (Å²) in [5, 5.41) is 0.466. The fourth-order valence-corrected chi connectivity index (χ4v) is 2.39. The van der Waals surface area contributed by atoms with E-state index in [1.165, 1.54) is 13.2 Å². The van der Waals surface area contributed by atoms with Crippen LogP contribution in [0.4, 0.5) is 0 Å². The van der Waals surface area contributed by atoms with Crippen LogP contribution in [-0.4, -0.2) is 14.2 Å². The van der Waals surface area contributed by atoms with Crippen LogP contribution in [0, 0.1) is 6.92 Å². The smallest absolute Gasteiger partial charge is 0.204 e. The van der Waals surface area contributed by atoms with E-state index < -0.39 is 0 Å². The molecule has 3 rings (SSSR count). The first-order valence-corrected chi connectivity index (χ1v) is 6.90. The van der Waals surface area contributed by atoms with Crippen LogP contribution in [0.1, 0.15) is 5.56 Å². The largest absolute Gasteiger partial charge is 0.493 e. The molecule has 0 unspecified atom stereocenters. The molecule has 0 atom stereocenters. The Morgan fingerprint density at radius 2 is 1.68 bits per heavy atom. The van der Waals surface area contributed by atoms with E-state index in [4.69, 9.17) is 13.9 Å². The Balaban J connectivity index is 2.30. The predicted molar refractivity (Wildman–Crippen MR) is 85.8 cm³/mol. The van der Waals surface area contributed by atoms with Gasteiger partial charge in [0, 0.05) is 11.6 Å². The van der Waals surface area contributed by atoms with Gasteiger partial charge in [0.25, 0.3) is 0 Å². The molecule has 0 aliphatic carbocycles. The van der Waals surface area contributed by atoms with Crippen molar-refractivity contribution in [3.8, 4) is 22.8 Å². The molecule has 0 amide bonds. The second kappa shape index (κ2) is 5.56. The second-order valence-electron chi connectivity index (χ2n) is 5.02. The van der Waals surface area contributed by atoms with E-state index in [0.29, 0.717) is 28.2 Å². The molecule has 3 aromatic rings. The number of ether oxygens (including phenoxy) is 2. The molecule has 1 aromatic heterocycles. The van der Waals surface area contributed by atoms with E-state index in [1.807, 2.05) is 31.2 Å². The maximum absolute atomic E-state index is 12.4. The van der Waals surface area contributed by atoms with Crippen molar-refractivity contribution >= 4 is 11.0 Å². The molecule has 0 spiro atoms. The Bertz CT molecular complexity index is 876. The van der Waals surface area contributed by atoms with Crippen molar-refractivity contribution in [1.29, 1.82) is 0 Å². The van der Waals surface area contributed by atoms with E-state index in [0.717, 1.165) is 11.1 Å². The first-order chi connectivity index (χ1) is 10.6. The molecule has 1 heterocycles. The lowest BCUT2D eigenvalue weighted by atomic mass is 10.1. The average molecular weight is 296 g/mol. The zero-order valence-corrected chi connectivity index (χ0v) is 12.7. The number of hydrogen-bond acceptors (Lipinski definition) is 4. The second-order valence-corrected chi connectivity index (χ2v) is 5.02. The summed E-state index contributed by atoms with van der Waals surface area (Å²) in [6.45, 7) is 2.01. The molecule has 0 aliphatic rings. The highest BCUT2D eigenvalue weighted by atomic mass is 16.5. The summed E-state index contributed by atoms with van der Waals surface area (Å²) < 4.78 is 16.5. The minimum absolute atomic E-state index is 0.113. The van der Waals surface area contributed by atoms with Crippen LogP contribution >= 0.6 is 0 Å². The van der Waals surface area contributed by atoms with Crippen LogP contribution in [-0.2, 0) is 0 Å². The van der Waals surface area contributed by atoms with Gasteiger partial charge in [-0.25, -0.2) is 0 Å². The van der Waals surface area contributed by atoms with Crippen molar-refractivity contribution in [2.45, 2.75) is 6.92 Å². The third kappa shape index (κ3) is 2.33. The number of fused-ring (bicyclic) bond motifs is 1. The molecule has 0 N–H and O–H groups in total. The van der Waals surface area contributed by atoms with Gasteiger partial charge in [-0.3, -0.25) is 4.79 Å². The molecule has 22 heavy (non-hydrogen) atoms. The van der Waals surface area contributed by atoms with Gasteiger partial charge in [0.05, 0.1) is 19.6 Å². The summed E-state index contributed by atoms with van der Waals surface area (Å²) >= 11 is 0. The number of hydrogen-bond donors (Lipinski definition) is 0. The molecule has 0 saturated carbocycles. The Morgan fingerprint density at radius 3 is 2.32 bits per heavy atom. The van der Waals surface area contributed by atoms with Crippen LogP contribution in [0.5, 0.6) is 11.5 Å². The van der Waals surface area contributed by atoms with Crippen LogP contribution in [0.3, 0.4) is 0 Å². The van der Waals surface area contributed by atoms with Gasteiger partial charge in [-0.2, -0.15) is 0 Å². The SMILES string of the molecule is COc1ccc2c(=O)cc(-c3ccc(C)cc3)oc2c1OC. The van der Waals surface area contributed by atoms with Gasteiger partial charge in [0.2, 0.25) is 5.75 Å². The molecule has 4 heteroatoms. The normalized spacial score (nSPS) is 10.7. The summed E-state index contributed by atoms with van der Waals surface area (Å²) in [5.74, 6) is 1.45. The molecule has 0 radical (unpaired) electrons. The van der Waals surface area contributed by atoms with Crippen molar-refractivity contribution in [3.63, 3.8) is 0 Å². The van der Waals surface area contributed by atoms with Crippen molar-refractivity contribution in [2.75, 3.05) is 14.2 Å². The van der Waals surface area contributed by atoms with Crippen LogP contribution in [0.2, 0.25) is 0 Å². The van der Waals surface area contributed by atoms with Crippen LogP contribution in [0.15, 0.2) is 51.7 Å². The number of benzene rings is 2. The summed E-state index contributed by atoms with van der Waals surface area (Å²) in [6.07, 6.45) is 0. The average Bonchev–Trinajstić information content (AvgIpc) is 2.54. The molecular weight excluding hydrogens is 280 g/mol. The molecule has 0 aliphatic heterocycles. The minimum atomic E-state index is -0.113. The number of rotatable bonds is 3. The lowest BCUT2D eigenvalue weighted by Crippen LogP contribution is -2.02. The monoisotopic (exact) mass is 296 g/mol. The zero-order chi connectivity index (χ0) is 15.7. The third-order valence-corrected chi connectivity index (χ3v) is 3.58. The first kappa shape index (κ1) is 14.2. The van der Waals surface area contributed by atoms with E-state index in [1.54, 1.807) is 19.2 Å².